The zero-order valence-corrected chi connectivity index (χ0v) is 12.1. The molecule has 0 aliphatic heterocycles. The van der Waals surface area contributed by atoms with Gasteiger partial charge < -0.3 is 5.11 Å². The molecule has 0 saturated carbocycles. The lowest BCUT2D eigenvalue weighted by Crippen LogP contribution is -2.34. The van der Waals surface area contributed by atoms with Crippen molar-refractivity contribution in [2.75, 3.05) is 0 Å². The van der Waals surface area contributed by atoms with Crippen LogP contribution in [0.2, 0.25) is 0 Å². The molecule has 0 aromatic rings. The summed E-state index contributed by atoms with van der Waals surface area (Å²) in [5.74, 6) is 0.250. The van der Waals surface area contributed by atoms with E-state index in [1.54, 1.807) is 0 Å². The molecule has 0 saturated heterocycles. The molecule has 0 aromatic heterocycles. The third-order valence-corrected chi connectivity index (χ3v) is 3.28. The summed E-state index contributed by atoms with van der Waals surface area (Å²) in [5.41, 5.74) is 0. The monoisotopic (exact) mass is 259 g/mol. The second kappa shape index (κ2) is 10.3. The van der Waals surface area contributed by atoms with Gasteiger partial charge in [0.25, 0.3) is 0 Å². The molecule has 4 nitrogen and oxygen atoms in total. The van der Waals surface area contributed by atoms with Crippen LogP contribution < -0.4 is 0 Å². The van der Waals surface area contributed by atoms with Crippen molar-refractivity contribution in [3.8, 4) is 0 Å². The normalized spacial score (nSPS) is 14.7. The lowest BCUT2D eigenvalue weighted by atomic mass is 9.96. The molecule has 4 heteroatoms. The maximum Gasteiger partial charge on any atom is 0.238 e. The van der Waals surface area contributed by atoms with E-state index in [1.165, 1.54) is 25.7 Å². The molecule has 2 atom stereocenters. The number of hydrogen-bond acceptors (Lipinski definition) is 3. The summed E-state index contributed by atoms with van der Waals surface area (Å²) in [6.45, 7) is 6.08. The van der Waals surface area contributed by atoms with Gasteiger partial charge in [-0.05, 0) is 12.3 Å². The zero-order chi connectivity index (χ0) is 14.0. The standard InChI is InChI=1S/C14H29NO3/c1-4-5-6-7-8-9-10-14(16)13(15(17)18)11-12(2)3/h12-14,16H,4-11H2,1-3H3/t13-,14+/m1/s1. The Morgan fingerprint density at radius 3 is 2.17 bits per heavy atom. The Morgan fingerprint density at radius 1 is 1.11 bits per heavy atom. The number of rotatable bonds is 11. The van der Waals surface area contributed by atoms with E-state index in [0.717, 1.165) is 12.8 Å². The summed E-state index contributed by atoms with van der Waals surface area (Å²) in [5, 5.41) is 20.8. The smallest absolute Gasteiger partial charge is 0.238 e. The average Bonchev–Trinajstić information content (AvgIpc) is 2.29. The molecule has 108 valence electrons. The number of hydrogen-bond donors (Lipinski definition) is 1. The molecule has 0 aliphatic carbocycles. The third kappa shape index (κ3) is 8.45. The van der Waals surface area contributed by atoms with E-state index < -0.39 is 12.1 Å². The van der Waals surface area contributed by atoms with Gasteiger partial charge >= 0.3 is 0 Å². The zero-order valence-electron chi connectivity index (χ0n) is 12.1. The summed E-state index contributed by atoms with van der Waals surface area (Å²) in [4.78, 5) is 10.6. The van der Waals surface area contributed by atoms with Crippen molar-refractivity contribution in [2.24, 2.45) is 5.92 Å². The lowest BCUT2D eigenvalue weighted by molar-refractivity contribution is -0.536. The van der Waals surface area contributed by atoms with Crippen LogP contribution in [0.25, 0.3) is 0 Å². The summed E-state index contributed by atoms with van der Waals surface area (Å²) < 4.78 is 0. The molecule has 1 N–H and O–H groups in total. The van der Waals surface area contributed by atoms with Gasteiger partial charge in [-0.1, -0.05) is 59.3 Å². The molecule has 0 radical (unpaired) electrons. The van der Waals surface area contributed by atoms with E-state index in [9.17, 15) is 15.2 Å². The predicted octanol–water partition coefficient (Wildman–Crippen LogP) is 3.79. The van der Waals surface area contributed by atoms with Crippen molar-refractivity contribution >= 4 is 0 Å². The molecule has 0 heterocycles. The Kier molecular flexibility index (Phi) is 9.93. The fourth-order valence-electron chi connectivity index (χ4n) is 2.19. The number of unbranched alkanes of at least 4 members (excludes halogenated alkanes) is 5. The summed E-state index contributed by atoms with van der Waals surface area (Å²) >= 11 is 0. The first-order valence-corrected chi connectivity index (χ1v) is 7.30. The Hall–Kier alpha value is -0.640. The van der Waals surface area contributed by atoms with Crippen molar-refractivity contribution in [2.45, 2.75) is 84.3 Å². The van der Waals surface area contributed by atoms with Crippen LogP contribution in [0.5, 0.6) is 0 Å². The maximum absolute atomic E-state index is 10.9. The Balaban J connectivity index is 3.82. The van der Waals surface area contributed by atoms with Gasteiger partial charge in [0.2, 0.25) is 6.04 Å². The molecule has 0 aromatic carbocycles. The molecule has 18 heavy (non-hydrogen) atoms. The van der Waals surface area contributed by atoms with E-state index in [1.807, 2.05) is 13.8 Å². The SMILES string of the molecule is CCCCCCCC[C@H](O)[C@@H](CC(C)C)[N+](=O)[O-]. The molecule has 0 bridgehead atoms. The molecule has 0 fully saturated rings. The van der Waals surface area contributed by atoms with Crippen LogP contribution in [0, 0.1) is 16.0 Å². The molecular weight excluding hydrogens is 230 g/mol. The van der Waals surface area contributed by atoms with E-state index in [-0.39, 0.29) is 10.8 Å². The van der Waals surface area contributed by atoms with Gasteiger partial charge in [-0.15, -0.1) is 0 Å². The minimum atomic E-state index is -0.791. The number of aliphatic hydroxyl groups excluding tert-OH is 1. The highest BCUT2D eigenvalue weighted by atomic mass is 16.6. The molecule has 0 aliphatic rings. The highest BCUT2D eigenvalue weighted by Crippen LogP contribution is 2.16. The van der Waals surface area contributed by atoms with Crippen molar-refractivity contribution in [3.63, 3.8) is 0 Å². The van der Waals surface area contributed by atoms with Crippen LogP contribution in [0.1, 0.15) is 72.1 Å². The number of nitrogens with zero attached hydrogens (tertiary/aromatic N) is 1. The second-order valence-electron chi connectivity index (χ2n) is 5.61. The van der Waals surface area contributed by atoms with Gasteiger partial charge in [-0.2, -0.15) is 0 Å². The third-order valence-electron chi connectivity index (χ3n) is 3.28. The van der Waals surface area contributed by atoms with Gasteiger partial charge in [-0.25, -0.2) is 0 Å². The van der Waals surface area contributed by atoms with Crippen molar-refractivity contribution in [1.29, 1.82) is 0 Å². The Bertz CT molecular complexity index is 219. The molecule has 0 unspecified atom stereocenters. The van der Waals surface area contributed by atoms with E-state index >= 15 is 0 Å². The molecule has 0 spiro atoms. The summed E-state index contributed by atoms with van der Waals surface area (Å²) in [6.07, 6.45) is 7.10. The van der Waals surface area contributed by atoms with E-state index in [4.69, 9.17) is 0 Å². The van der Waals surface area contributed by atoms with Gasteiger partial charge in [-0.3, -0.25) is 10.1 Å². The Morgan fingerprint density at radius 2 is 1.67 bits per heavy atom. The predicted molar refractivity (Wildman–Crippen MR) is 74.2 cm³/mol. The first-order chi connectivity index (χ1) is 8.49. The topological polar surface area (TPSA) is 63.4 Å². The Labute approximate surface area is 111 Å². The highest BCUT2D eigenvalue weighted by molar-refractivity contribution is 4.70. The van der Waals surface area contributed by atoms with Crippen LogP contribution in [-0.2, 0) is 0 Å². The molecule has 0 rings (SSSR count). The van der Waals surface area contributed by atoms with Crippen molar-refractivity contribution in [3.05, 3.63) is 10.1 Å². The fourth-order valence-corrected chi connectivity index (χ4v) is 2.19. The average molecular weight is 259 g/mol. The maximum atomic E-state index is 10.9. The number of aliphatic hydroxyl groups is 1. The quantitative estimate of drug-likeness (QED) is 0.349. The largest absolute Gasteiger partial charge is 0.386 e. The van der Waals surface area contributed by atoms with Crippen molar-refractivity contribution in [1.82, 2.24) is 0 Å². The van der Waals surface area contributed by atoms with E-state index in [0.29, 0.717) is 12.8 Å². The minimum absolute atomic E-state index is 0.250. The summed E-state index contributed by atoms with van der Waals surface area (Å²) in [6, 6.07) is -0.791. The molecule has 0 amide bonds. The highest BCUT2D eigenvalue weighted by Gasteiger charge is 2.29. The lowest BCUT2D eigenvalue weighted by Gasteiger charge is -2.17. The van der Waals surface area contributed by atoms with Gasteiger partial charge in [0.15, 0.2) is 0 Å². The summed E-state index contributed by atoms with van der Waals surface area (Å²) in [7, 11) is 0. The minimum Gasteiger partial charge on any atom is -0.386 e. The van der Waals surface area contributed by atoms with E-state index in [2.05, 4.69) is 6.92 Å². The van der Waals surface area contributed by atoms with Crippen LogP contribution in [-0.4, -0.2) is 22.2 Å². The molecular formula is C14H29NO3. The first-order valence-electron chi connectivity index (χ1n) is 7.30. The van der Waals surface area contributed by atoms with Crippen LogP contribution in [0.15, 0.2) is 0 Å². The van der Waals surface area contributed by atoms with Crippen LogP contribution in [0.3, 0.4) is 0 Å². The fraction of sp³-hybridized carbons (Fsp3) is 1.00. The van der Waals surface area contributed by atoms with Crippen molar-refractivity contribution < 1.29 is 10.0 Å². The van der Waals surface area contributed by atoms with Gasteiger partial charge in [0.05, 0.1) is 0 Å². The van der Waals surface area contributed by atoms with Gasteiger partial charge in [0.1, 0.15) is 6.10 Å². The van der Waals surface area contributed by atoms with Crippen LogP contribution in [0.4, 0.5) is 0 Å². The first kappa shape index (κ1) is 17.4. The van der Waals surface area contributed by atoms with Crippen LogP contribution >= 0.6 is 0 Å². The number of nitro groups is 1. The second-order valence-corrected chi connectivity index (χ2v) is 5.61. The van der Waals surface area contributed by atoms with Gasteiger partial charge in [0, 0.05) is 11.3 Å².